The maximum atomic E-state index is 12.3. The Bertz CT molecular complexity index is 1240. The molecule has 0 spiro atoms. The average molecular weight is 489 g/mol. The first kappa shape index (κ1) is 22.2. The van der Waals surface area contributed by atoms with E-state index in [-0.39, 0.29) is 11.6 Å². The Labute approximate surface area is 199 Å². The number of benzene rings is 3. The molecular formula is C24H16Cl3NO4. The van der Waals surface area contributed by atoms with Crippen molar-refractivity contribution in [2.45, 2.75) is 6.61 Å². The van der Waals surface area contributed by atoms with E-state index in [2.05, 4.69) is 4.99 Å². The van der Waals surface area contributed by atoms with Crippen LogP contribution in [0.5, 0.6) is 11.5 Å². The van der Waals surface area contributed by atoms with Gasteiger partial charge in [0.25, 0.3) is 0 Å². The van der Waals surface area contributed by atoms with E-state index in [4.69, 9.17) is 49.0 Å². The fourth-order valence-corrected chi connectivity index (χ4v) is 3.48. The number of hydrogen-bond acceptors (Lipinski definition) is 5. The molecule has 4 rings (SSSR count). The topological polar surface area (TPSA) is 57.1 Å². The first-order valence-electron chi connectivity index (χ1n) is 9.46. The molecule has 3 aromatic carbocycles. The molecule has 1 heterocycles. The molecule has 1 aliphatic heterocycles. The third-order valence-electron chi connectivity index (χ3n) is 4.59. The minimum Gasteiger partial charge on any atom is -0.496 e. The summed E-state index contributed by atoms with van der Waals surface area (Å²) in [5, 5.41) is 1.46. The van der Waals surface area contributed by atoms with E-state index in [1.165, 1.54) is 7.11 Å². The maximum Gasteiger partial charge on any atom is 0.363 e. The Balaban J connectivity index is 1.48. The highest BCUT2D eigenvalue weighted by molar-refractivity contribution is 6.42. The van der Waals surface area contributed by atoms with Gasteiger partial charge in [0.15, 0.2) is 5.70 Å². The first-order valence-corrected chi connectivity index (χ1v) is 10.6. The molecule has 0 bridgehead atoms. The monoisotopic (exact) mass is 487 g/mol. The highest BCUT2D eigenvalue weighted by Gasteiger charge is 2.26. The highest BCUT2D eigenvalue weighted by atomic mass is 35.5. The van der Waals surface area contributed by atoms with E-state index in [1.54, 1.807) is 48.5 Å². The summed E-state index contributed by atoms with van der Waals surface area (Å²) in [5.74, 6) is 0.759. The van der Waals surface area contributed by atoms with Gasteiger partial charge in [0.1, 0.15) is 18.1 Å². The van der Waals surface area contributed by atoms with E-state index >= 15 is 0 Å². The summed E-state index contributed by atoms with van der Waals surface area (Å²) in [4.78, 5) is 16.6. The van der Waals surface area contributed by atoms with Gasteiger partial charge in [0.2, 0.25) is 5.90 Å². The molecule has 5 nitrogen and oxygen atoms in total. The lowest BCUT2D eigenvalue weighted by Gasteiger charge is -2.07. The second-order valence-electron chi connectivity index (χ2n) is 6.79. The second-order valence-corrected chi connectivity index (χ2v) is 8.04. The summed E-state index contributed by atoms with van der Waals surface area (Å²) in [6.45, 7) is 0.346. The zero-order chi connectivity index (χ0) is 22.7. The van der Waals surface area contributed by atoms with E-state index in [9.17, 15) is 4.79 Å². The zero-order valence-corrected chi connectivity index (χ0v) is 19.0. The zero-order valence-electron chi connectivity index (χ0n) is 16.8. The summed E-state index contributed by atoms with van der Waals surface area (Å²) in [6.07, 6.45) is 1.63. The SMILES string of the molecule is COc1ccc(Cl)cc1C1=N/C(=C\c2ccc(OCc3ccc(Cl)c(Cl)c3)cc2)C(=O)O1. The number of aliphatic imine (C=N–C) groups is 1. The van der Waals surface area contributed by atoms with Crippen LogP contribution in [0.3, 0.4) is 0 Å². The van der Waals surface area contributed by atoms with Gasteiger partial charge in [0, 0.05) is 5.02 Å². The van der Waals surface area contributed by atoms with Crippen LogP contribution < -0.4 is 9.47 Å². The normalized spacial score (nSPS) is 14.3. The molecule has 0 radical (unpaired) electrons. The van der Waals surface area contributed by atoms with Crippen LogP contribution in [0.25, 0.3) is 6.08 Å². The van der Waals surface area contributed by atoms with Crippen molar-refractivity contribution in [3.05, 3.63) is 98.1 Å². The van der Waals surface area contributed by atoms with Crippen LogP contribution >= 0.6 is 34.8 Å². The van der Waals surface area contributed by atoms with Gasteiger partial charge in [-0.3, -0.25) is 0 Å². The fourth-order valence-electron chi connectivity index (χ4n) is 2.99. The summed E-state index contributed by atoms with van der Waals surface area (Å²) in [7, 11) is 1.52. The molecule has 0 fully saturated rings. The number of methoxy groups -OCH3 is 1. The Morgan fingerprint density at radius 1 is 0.969 bits per heavy atom. The van der Waals surface area contributed by atoms with Crippen molar-refractivity contribution in [3.63, 3.8) is 0 Å². The number of ether oxygens (including phenoxy) is 3. The molecule has 0 aliphatic carbocycles. The van der Waals surface area contributed by atoms with Crippen molar-refractivity contribution >= 4 is 52.7 Å². The van der Waals surface area contributed by atoms with Gasteiger partial charge in [-0.15, -0.1) is 0 Å². The molecule has 0 unspecified atom stereocenters. The van der Waals surface area contributed by atoms with Crippen LogP contribution in [0.1, 0.15) is 16.7 Å². The van der Waals surface area contributed by atoms with Crippen LogP contribution in [0.4, 0.5) is 0 Å². The van der Waals surface area contributed by atoms with Crippen molar-refractivity contribution in [1.82, 2.24) is 0 Å². The van der Waals surface area contributed by atoms with Crippen molar-refractivity contribution < 1.29 is 19.0 Å². The molecule has 0 amide bonds. The quantitative estimate of drug-likeness (QED) is 0.290. The number of rotatable bonds is 6. The first-order chi connectivity index (χ1) is 15.4. The highest BCUT2D eigenvalue weighted by Crippen LogP contribution is 2.28. The van der Waals surface area contributed by atoms with Crippen molar-refractivity contribution in [1.29, 1.82) is 0 Å². The number of hydrogen-bond donors (Lipinski definition) is 0. The summed E-state index contributed by atoms with van der Waals surface area (Å²) < 4.78 is 16.4. The number of carbonyl (C=O) groups is 1. The number of carbonyl (C=O) groups excluding carboxylic acids is 1. The predicted molar refractivity (Wildman–Crippen MR) is 126 cm³/mol. The number of halogens is 3. The second kappa shape index (κ2) is 9.65. The Morgan fingerprint density at radius 3 is 2.47 bits per heavy atom. The van der Waals surface area contributed by atoms with E-state index in [0.29, 0.717) is 38.7 Å². The maximum absolute atomic E-state index is 12.3. The number of esters is 1. The molecule has 8 heteroatoms. The molecule has 0 saturated heterocycles. The molecule has 32 heavy (non-hydrogen) atoms. The molecule has 0 aromatic heterocycles. The fraction of sp³-hybridized carbons (Fsp3) is 0.0833. The predicted octanol–water partition coefficient (Wildman–Crippen LogP) is 6.58. The average Bonchev–Trinajstić information content (AvgIpc) is 3.15. The lowest BCUT2D eigenvalue weighted by atomic mass is 10.2. The van der Waals surface area contributed by atoms with Crippen LogP contribution in [0.15, 0.2) is 71.4 Å². The third kappa shape index (κ3) is 5.07. The molecule has 0 saturated carbocycles. The molecule has 1 aliphatic rings. The Kier molecular flexibility index (Phi) is 6.70. The molecule has 3 aromatic rings. The van der Waals surface area contributed by atoms with Crippen LogP contribution in [-0.4, -0.2) is 19.0 Å². The summed E-state index contributed by atoms with van der Waals surface area (Å²) in [6, 6.07) is 17.6. The molecule has 0 N–H and O–H groups in total. The third-order valence-corrected chi connectivity index (χ3v) is 5.56. The summed E-state index contributed by atoms with van der Waals surface area (Å²) >= 11 is 18.0. The van der Waals surface area contributed by atoms with E-state index < -0.39 is 5.97 Å². The largest absolute Gasteiger partial charge is 0.496 e. The van der Waals surface area contributed by atoms with Crippen LogP contribution in [-0.2, 0) is 16.1 Å². The standard InChI is InChI=1S/C24H16Cl3NO4/c1-30-22-9-5-16(25)12-18(22)23-28-21(24(29)32-23)11-14-2-6-17(7-3-14)31-13-15-4-8-19(26)20(27)10-15/h2-12H,13H2,1H3/b21-11-. The Hall–Kier alpha value is -2.99. The summed E-state index contributed by atoms with van der Waals surface area (Å²) in [5.41, 5.74) is 2.34. The molecule has 0 atom stereocenters. The lowest BCUT2D eigenvalue weighted by molar-refractivity contribution is -0.129. The van der Waals surface area contributed by atoms with Crippen molar-refractivity contribution in [2.24, 2.45) is 4.99 Å². The van der Waals surface area contributed by atoms with Crippen molar-refractivity contribution in [2.75, 3.05) is 7.11 Å². The van der Waals surface area contributed by atoms with Crippen LogP contribution in [0, 0.1) is 0 Å². The van der Waals surface area contributed by atoms with Gasteiger partial charge in [-0.2, -0.15) is 0 Å². The van der Waals surface area contributed by atoms with Crippen molar-refractivity contribution in [3.8, 4) is 11.5 Å². The lowest BCUT2D eigenvalue weighted by Crippen LogP contribution is -2.07. The minimum absolute atomic E-state index is 0.141. The minimum atomic E-state index is -0.554. The van der Waals surface area contributed by atoms with Gasteiger partial charge in [-0.1, -0.05) is 53.0 Å². The molecule has 162 valence electrons. The number of nitrogens with zero attached hydrogens (tertiary/aromatic N) is 1. The van der Waals surface area contributed by atoms with Gasteiger partial charge < -0.3 is 14.2 Å². The van der Waals surface area contributed by atoms with Gasteiger partial charge in [-0.25, -0.2) is 9.79 Å². The van der Waals surface area contributed by atoms with E-state index in [0.717, 1.165) is 11.1 Å². The Morgan fingerprint density at radius 2 is 1.75 bits per heavy atom. The van der Waals surface area contributed by atoms with E-state index in [1.807, 2.05) is 18.2 Å². The van der Waals surface area contributed by atoms with Gasteiger partial charge in [0.05, 0.1) is 22.7 Å². The molecular weight excluding hydrogens is 473 g/mol. The van der Waals surface area contributed by atoms with Gasteiger partial charge >= 0.3 is 5.97 Å². The number of cyclic esters (lactones) is 1. The van der Waals surface area contributed by atoms with Crippen LogP contribution in [0.2, 0.25) is 15.1 Å². The van der Waals surface area contributed by atoms with Gasteiger partial charge in [-0.05, 0) is 59.7 Å². The smallest absolute Gasteiger partial charge is 0.363 e.